The number of halogens is 1. The number of hydrogen-bond acceptors (Lipinski definition) is 4. The van der Waals surface area contributed by atoms with E-state index in [1.165, 1.54) is 0 Å². The van der Waals surface area contributed by atoms with Crippen LogP contribution in [0.15, 0.2) is 22.8 Å². The maximum absolute atomic E-state index is 5.70. The third-order valence-electron chi connectivity index (χ3n) is 2.88. The molecule has 0 aliphatic carbocycles. The predicted molar refractivity (Wildman–Crippen MR) is 69.0 cm³/mol. The molecule has 0 radical (unpaired) electrons. The number of pyridine rings is 1. The van der Waals surface area contributed by atoms with Crippen LogP contribution in [0.1, 0.15) is 5.69 Å². The van der Waals surface area contributed by atoms with Gasteiger partial charge < -0.3 is 14.8 Å². The lowest BCUT2D eigenvalue weighted by atomic mass is 10.1. The van der Waals surface area contributed by atoms with Crippen LogP contribution in [0, 0.1) is 0 Å². The summed E-state index contributed by atoms with van der Waals surface area (Å²) in [6.45, 7) is 2.03. The molecular formula is C12H17BrN2O2. The van der Waals surface area contributed by atoms with Crippen molar-refractivity contribution in [2.45, 2.75) is 18.6 Å². The Bertz CT molecular complexity index is 339. The molecule has 2 unspecified atom stereocenters. The Morgan fingerprint density at radius 2 is 2.41 bits per heavy atom. The summed E-state index contributed by atoms with van der Waals surface area (Å²) in [6.07, 6.45) is 2.78. The highest BCUT2D eigenvalue weighted by Crippen LogP contribution is 2.12. The van der Waals surface area contributed by atoms with Crippen LogP contribution in [-0.2, 0) is 15.9 Å². The number of nitrogens with one attached hydrogen (secondary N) is 1. The number of hydrogen-bond donors (Lipinski definition) is 1. The zero-order chi connectivity index (χ0) is 12.1. The summed E-state index contributed by atoms with van der Waals surface area (Å²) in [6, 6.07) is 4.27. The SMILES string of the molecule is CNC(Cc1ccc(Br)cn1)C1COCCO1. The van der Waals surface area contributed by atoms with Crippen LogP contribution < -0.4 is 5.32 Å². The summed E-state index contributed by atoms with van der Waals surface area (Å²) in [7, 11) is 1.95. The first-order chi connectivity index (χ1) is 8.29. The first-order valence-electron chi connectivity index (χ1n) is 5.76. The van der Waals surface area contributed by atoms with Gasteiger partial charge in [0.15, 0.2) is 0 Å². The van der Waals surface area contributed by atoms with Gasteiger partial charge in [0.1, 0.15) is 0 Å². The molecule has 1 fully saturated rings. The highest BCUT2D eigenvalue weighted by atomic mass is 79.9. The van der Waals surface area contributed by atoms with Gasteiger partial charge in [-0.15, -0.1) is 0 Å². The van der Waals surface area contributed by atoms with Crippen molar-refractivity contribution in [2.75, 3.05) is 26.9 Å². The molecule has 0 amide bonds. The summed E-state index contributed by atoms with van der Waals surface area (Å²) in [5.41, 5.74) is 1.06. The average Bonchev–Trinajstić information content (AvgIpc) is 2.39. The summed E-state index contributed by atoms with van der Waals surface area (Å²) in [4.78, 5) is 4.38. The van der Waals surface area contributed by atoms with E-state index in [-0.39, 0.29) is 12.1 Å². The Balaban J connectivity index is 1.96. The van der Waals surface area contributed by atoms with Gasteiger partial charge in [-0.25, -0.2) is 0 Å². The highest BCUT2D eigenvalue weighted by molar-refractivity contribution is 9.10. The van der Waals surface area contributed by atoms with Crippen molar-refractivity contribution in [1.82, 2.24) is 10.3 Å². The molecule has 5 heteroatoms. The summed E-state index contributed by atoms with van der Waals surface area (Å²) in [5.74, 6) is 0. The van der Waals surface area contributed by atoms with E-state index in [1.807, 2.05) is 25.4 Å². The lowest BCUT2D eigenvalue weighted by Gasteiger charge is -2.30. The number of aromatic nitrogens is 1. The molecule has 0 spiro atoms. The number of likely N-dealkylation sites (N-methyl/N-ethyl adjacent to an activating group) is 1. The molecule has 1 aliphatic heterocycles. The number of nitrogens with zero attached hydrogens (tertiary/aromatic N) is 1. The molecule has 1 saturated heterocycles. The van der Waals surface area contributed by atoms with Crippen molar-refractivity contribution in [2.24, 2.45) is 0 Å². The maximum Gasteiger partial charge on any atom is 0.0965 e. The summed E-state index contributed by atoms with van der Waals surface area (Å²) < 4.78 is 12.1. The van der Waals surface area contributed by atoms with Crippen molar-refractivity contribution in [3.8, 4) is 0 Å². The van der Waals surface area contributed by atoms with Gasteiger partial charge in [-0.2, -0.15) is 0 Å². The van der Waals surface area contributed by atoms with E-state index in [9.17, 15) is 0 Å². The highest BCUT2D eigenvalue weighted by Gasteiger charge is 2.24. The zero-order valence-corrected chi connectivity index (χ0v) is 11.4. The predicted octanol–water partition coefficient (Wildman–Crippen LogP) is 1.39. The topological polar surface area (TPSA) is 43.4 Å². The van der Waals surface area contributed by atoms with Crippen LogP contribution in [0.4, 0.5) is 0 Å². The van der Waals surface area contributed by atoms with E-state index in [4.69, 9.17) is 9.47 Å². The molecule has 94 valence electrons. The third-order valence-corrected chi connectivity index (χ3v) is 3.35. The van der Waals surface area contributed by atoms with Crippen LogP contribution in [0.2, 0.25) is 0 Å². The first-order valence-corrected chi connectivity index (χ1v) is 6.56. The van der Waals surface area contributed by atoms with Crippen LogP contribution in [0.5, 0.6) is 0 Å². The molecule has 2 rings (SSSR count). The molecule has 4 nitrogen and oxygen atoms in total. The van der Waals surface area contributed by atoms with Gasteiger partial charge in [0.25, 0.3) is 0 Å². The molecule has 0 aromatic carbocycles. The molecule has 1 N–H and O–H groups in total. The lowest BCUT2D eigenvalue weighted by Crippen LogP contribution is -2.46. The minimum atomic E-state index is 0.110. The molecule has 1 aromatic rings. The van der Waals surface area contributed by atoms with Crippen molar-refractivity contribution < 1.29 is 9.47 Å². The Morgan fingerprint density at radius 1 is 1.53 bits per heavy atom. The van der Waals surface area contributed by atoms with Crippen LogP contribution in [0.3, 0.4) is 0 Å². The monoisotopic (exact) mass is 300 g/mol. The van der Waals surface area contributed by atoms with Crippen LogP contribution >= 0.6 is 15.9 Å². The normalized spacial score (nSPS) is 22.4. The fourth-order valence-electron chi connectivity index (χ4n) is 1.91. The first kappa shape index (κ1) is 13.0. The minimum Gasteiger partial charge on any atom is -0.376 e. The van der Waals surface area contributed by atoms with Crippen molar-refractivity contribution in [3.63, 3.8) is 0 Å². The Morgan fingerprint density at radius 3 is 3.00 bits per heavy atom. The van der Waals surface area contributed by atoms with Gasteiger partial charge in [0, 0.05) is 28.8 Å². The van der Waals surface area contributed by atoms with Crippen molar-refractivity contribution >= 4 is 15.9 Å². The fraction of sp³-hybridized carbons (Fsp3) is 0.583. The molecule has 0 saturated carbocycles. The molecule has 1 aromatic heterocycles. The van der Waals surface area contributed by atoms with E-state index >= 15 is 0 Å². The van der Waals surface area contributed by atoms with Crippen molar-refractivity contribution in [1.29, 1.82) is 0 Å². The average molecular weight is 301 g/mol. The van der Waals surface area contributed by atoms with E-state index in [2.05, 4.69) is 26.2 Å². The number of ether oxygens (including phenoxy) is 2. The van der Waals surface area contributed by atoms with E-state index in [1.54, 1.807) is 0 Å². The quantitative estimate of drug-likeness (QED) is 0.913. The summed E-state index contributed by atoms with van der Waals surface area (Å²) >= 11 is 3.38. The minimum absolute atomic E-state index is 0.110. The Kier molecular flexibility index (Phi) is 4.91. The molecule has 2 heterocycles. The zero-order valence-electron chi connectivity index (χ0n) is 9.86. The van der Waals surface area contributed by atoms with Crippen LogP contribution in [0.25, 0.3) is 0 Å². The van der Waals surface area contributed by atoms with Gasteiger partial charge in [-0.05, 0) is 35.1 Å². The lowest BCUT2D eigenvalue weighted by molar-refractivity contribution is -0.100. The van der Waals surface area contributed by atoms with E-state index < -0.39 is 0 Å². The van der Waals surface area contributed by atoms with Gasteiger partial charge in [0.05, 0.1) is 25.9 Å². The maximum atomic E-state index is 5.70. The Labute approximate surface area is 110 Å². The van der Waals surface area contributed by atoms with Gasteiger partial charge in [0.2, 0.25) is 0 Å². The molecule has 1 aliphatic rings. The third kappa shape index (κ3) is 3.74. The fourth-order valence-corrected chi connectivity index (χ4v) is 2.14. The van der Waals surface area contributed by atoms with Crippen LogP contribution in [-0.4, -0.2) is 44.0 Å². The second kappa shape index (κ2) is 6.44. The van der Waals surface area contributed by atoms with Gasteiger partial charge in [-0.1, -0.05) is 0 Å². The molecule has 0 bridgehead atoms. The largest absolute Gasteiger partial charge is 0.376 e. The van der Waals surface area contributed by atoms with Crippen molar-refractivity contribution in [3.05, 3.63) is 28.5 Å². The van der Waals surface area contributed by atoms with E-state index in [0.29, 0.717) is 19.8 Å². The number of rotatable bonds is 4. The molecule has 2 atom stereocenters. The van der Waals surface area contributed by atoms with E-state index in [0.717, 1.165) is 16.6 Å². The molecular weight excluding hydrogens is 284 g/mol. The second-order valence-corrected chi connectivity index (χ2v) is 4.97. The molecule has 17 heavy (non-hydrogen) atoms. The standard InChI is InChI=1S/C12H17BrN2O2/c1-14-11(12-8-16-4-5-17-12)6-10-3-2-9(13)7-15-10/h2-3,7,11-12,14H,4-6,8H2,1H3. The van der Waals surface area contributed by atoms with Gasteiger partial charge >= 0.3 is 0 Å². The van der Waals surface area contributed by atoms with Gasteiger partial charge in [-0.3, -0.25) is 4.98 Å². The second-order valence-electron chi connectivity index (χ2n) is 4.05. The smallest absolute Gasteiger partial charge is 0.0965 e. The summed E-state index contributed by atoms with van der Waals surface area (Å²) in [5, 5.41) is 3.28. The Hall–Kier alpha value is -0.490.